The fraction of sp³-hybridized carbons (Fsp3) is 0.923. The molecule has 3 nitrogen and oxygen atoms in total. The Morgan fingerprint density at radius 1 is 1.44 bits per heavy atom. The maximum absolute atomic E-state index is 12.1. The molecule has 3 atom stereocenters. The van der Waals surface area contributed by atoms with Crippen LogP contribution in [-0.4, -0.2) is 25.7 Å². The Hall–Kier alpha value is -0.570. The van der Waals surface area contributed by atoms with Crippen molar-refractivity contribution in [3.05, 3.63) is 0 Å². The highest BCUT2D eigenvalue weighted by Gasteiger charge is 2.49. The summed E-state index contributed by atoms with van der Waals surface area (Å²) in [6.45, 7) is 6.59. The average molecular weight is 227 g/mol. The smallest absolute Gasteiger partial charge is 0.326 e. The van der Waals surface area contributed by atoms with E-state index in [1.807, 2.05) is 7.05 Å². The maximum Gasteiger partial charge on any atom is 0.326 e. The summed E-state index contributed by atoms with van der Waals surface area (Å²) in [6, 6.07) is 0. The van der Waals surface area contributed by atoms with E-state index in [0.29, 0.717) is 17.8 Å². The molecule has 1 N–H and O–H groups in total. The number of hydrogen-bond donors (Lipinski definition) is 1. The number of nitrogens with one attached hydrogen (secondary N) is 1. The van der Waals surface area contributed by atoms with Crippen molar-refractivity contribution >= 4 is 5.97 Å². The third-order valence-corrected chi connectivity index (χ3v) is 4.07. The lowest BCUT2D eigenvalue weighted by molar-refractivity contribution is -0.155. The molecule has 1 saturated carbocycles. The SMILES string of the molecule is CNC1(C(=O)OC)CC(C)CCC1C(C)C. The van der Waals surface area contributed by atoms with Gasteiger partial charge < -0.3 is 10.1 Å². The standard InChI is InChI=1S/C13H25NO2/c1-9(2)11-7-6-10(3)8-13(11,14-4)12(15)16-5/h9-11,14H,6-8H2,1-5H3. The number of ether oxygens (including phenoxy) is 1. The molecule has 0 aromatic heterocycles. The highest BCUT2D eigenvalue weighted by Crippen LogP contribution is 2.41. The highest BCUT2D eigenvalue weighted by molar-refractivity contribution is 5.81. The minimum Gasteiger partial charge on any atom is -0.468 e. The molecule has 0 heterocycles. The van der Waals surface area contributed by atoms with E-state index in [0.717, 1.165) is 12.8 Å². The van der Waals surface area contributed by atoms with Gasteiger partial charge in [-0.2, -0.15) is 0 Å². The normalized spacial score (nSPS) is 35.1. The fourth-order valence-electron chi connectivity index (χ4n) is 3.22. The third-order valence-electron chi connectivity index (χ3n) is 4.07. The second-order valence-corrected chi connectivity index (χ2v) is 5.45. The lowest BCUT2D eigenvalue weighted by Crippen LogP contribution is -2.60. The third kappa shape index (κ3) is 2.24. The number of rotatable bonds is 3. The Morgan fingerprint density at radius 3 is 2.50 bits per heavy atom. The second kappa shape index (κ2) is 5.17. The molecule has 1 rings (SSSR count). The molecule has 1 aliphatic rings. The zero-order chi connectivity index (χ0) is 12.3. The summed E-state index contributed by atoms with van der Waals surface area (Å²) in [5.74, 6) is 1.36. The largest absolute Gasteiger partial charge is 0.468 e. The predicted molar refractivity (Wildman–Crippen MR) is 65.1 cm³/mol. The first-order valence-electron chi connectivity index (χ1n) is 6.25. The lowest BCUT2D eigenvalue weighted by atomic mass is 9.65. The van der Waals surface area contributed by atoms with E-state index in [2.05, 4.69) is 26.1 Å². The maximum atomic E-state index is 12.1. The number of carbonyl (C=O) groups is 1. The van der Waals surface area contributed by atoms with Gasteiger partial charge in [0.05, 0.1) is 7.11 Å². The van der Waals surface area contributed by atoms with Crippen molar-refractivity contribution in [2.75, 3.05) is 14.2 Å². The van der Waals surface area contributed by atoms with Crippen LogP contribution in [0.3, 0.4) is 0 Å². The molecule has 0 aliphatic heterocycles. The zero-order valence-electron chi connectivity index (χ0n) is 11.2. The van der Waals surface area contributed by atoms with Crippen LogP contribution in [0.25, 0.3) is 0 Å². The van der Waals surface area contributed by atoms with Gasteiger partial charge in [-0.15, -0.1) is 0 Å². The van der Waals surface area contributed by atoms with Gasteiger partial charge in [0.25, 0.3) is 0 Å². The van der Waals surface area contributed by atoms with Crippen LogP contribution in [0.5, 0.6) is 0 Å². The monoisotopic (exact) mass is 227 g/mol. The number of likely N-dealkylation sites (N-methyl/N-ethyl adjacent to an activating group) is 1. The summed E-state index contributed by atoms with van der Waals surface area (Å²) in [5, 5.41) is 3.26. The quantitative estimate of drug-likeness (QED) is 0.751. The highest BCUT2D eigenvalue weighted by atomic mass is 16.5. The van der Waals surface area contributed by atoms with Crippen molar-refractivity contribution in [2.24, 2.45) is 17.8 Å². The van der Waals surface area contributed by atoms with Crippen LogP contribution in [-0.2, 0) is 9.53 Å². The minimum atomic E-state index is -0.472. The topological polar surface area (TPSA) is 38.3 Å². The van der Waals surface area contributed by atoms with Crippen LogP contribution in [0.4, 0.5) is 0 Å². The van der Waals surface area contributed by atoms with Gasteiger partial charge >= 0.3 is 5.97 Å². The summed E-state index contributed by atoms with van der Waals surface area (Å²) < 4.78 is 5.01. The number of methoxy groups -OCH3 is 1. The molecule has 0 saturated heterocycles. The lowest BCUT2D eigenvalue weighted by Gasteiger charge is -2.45. The van der Waals surface area contributed by atoms with Gasteiger partial charge in [-0.25, -0.2) is 0 Å². The molecular formula is C13H25NO2. The number of hydrogen-bond acceptors (Lipinski definition) is 3. The molecule has 0 aromatic carbocycles. The van der Waals surface area contributed by atoms with Gasteiger partial charge in [0.1, 0.15) is 5.54 Å². The van der Waals surface area contributed by atoms with E-state index in [-0.39, 0.29) is 5.97 Å². The molecule has 3 heteroatoms. The van der Waals surface area contributed by atoms with Gasteiger partial charge in [-0.1, -0.05) is 27.2 Å². The first-order chi connectivity index (χ1) is 7.47. The molecule has 0 bridgehead atoms. The van der Waals surface area contributed by atoms with Crippen molar-refractivity contribution in [1.82, 2.24) is 5.32 Å². The van der Waals surface area contributed by atoms with Crippen molar-refractivity contribution in [3.63, 3.8) is 0 Å². The molecule has 0 spiro atoms. The van der Waals surface area contributed by atoms with E-state index in [9.17, 15) is 4.79 Å². The average Bonchev–Trinajstić information content (AvgIpc) is 2.26. The van der Waals surface area contributed by atoms with Crippen LogP contribution in [0.2, 0.25) is 0 Å². The summed E-state index contributed by atoms with van der Waals surface area (Å²) >= 11 is 0. The molecule has 3 unspecified atom stereocenters. The molecule has 1 aliphatic carbocycles. The molecule has 1 fully saturated rings. The zero-order valence-corrected chi connectivity index (χ0v) is 11.2. The Balaban J connectivity index is 3.02. The van der Waals surface area contributed by atoms with Crippen LogP contribution in [0.1, 0.15) is 40.0 Å². The summed E-state index contributed by atoms with van der Waals surface area (Å²) in [6.07, 6.45) is 3.21. The molecular weight excluding hydrogens is 202 g/mol. The summed E-state index contributed by atoms with van der Waals surface area (Å²) in [7, 11) is 3.36. The van der Waals surface area contributed by atoms with E-state index in [1.54, 1.807) is 0 Å². The Labute approximate surface area is 98.9 Å². The van der Waals surface area contributed by atoms with Gasteiger partial charge in [0, 0.05) is 0 Å². The first kappa shape index (κ1) is 13.5. The summed E-state index contributed by atoms with van der Waals surface area (Å²) in [5.41, 5.74) is -0.472. The molecule has 0 amide bonds. The van der Waals surface area contributed by atoms with Crippen LogP contribution in [0, 0.1) is 17.8 Å². The van der Waals surface area contributed by atoms with Gasteiger partial charge in [-0.05, 0) is 37.6 Å². The first-order valence-corrected chi connectivity index (χ1v) is 6.25. The van der Waals surface area contributed by atoms with Gasteiger partial charge in [0.15, 0.2) is 0 Å². The van der Waals surface area contributed by atoms with E-state index in [1.165, 1.54) is 13.5 Å². The summed E-state index contributed by atoms with van der Waals surface area (Å²) in [4.78, 5) is 12.1. The number of carbonyl (C=O) groups excluding carboxylic acids is 1. The van der Waals surface area contributed by atoms with E-state index in [4.69, 9.17) is 4.74 Å². The number of esters is 1. The van der Waals surface area contributed by atoms with Crippen molar-refractivity contribution in [1.29, 1.82) is 0 Å². The van der Waals surface area contributed by atoms with Crippen molar-refractivity contribution in [3.8, 4) is 0 Å². The van der Waals surface area contributed by atoms with Gasteiger partial charge in [0.2, 0.25) is 0 Å². The molecule has 94 valence electrons. The van der Waals surface area contributed by atoms with E-state index >= 15 is 0 Å². The minimum absolute atomic E-state index is 0.0970. The van der Waals surface area contributed by atoms with Crippen molar-refractivity contribution < 1.29 is 9.53 Å². The van der Waals surface area contributed by atoms with Crippen LogP contribution < -0.4 is 5.32 Å². The second-order valence-electron chi connectivity index (χ2n) is 5.45. The molecule has 0 radical (unpaired) electrons. The predicted octanol–water partition coefficient (Wildman–Crippen LogP) is 2.21. The molecule has 16 heavy (non-hydrogen) atoms. The van der Waals surface area contributed by atoms with Crippen LogP contribution >= 0.6 is 0 Å². The fourth-order valence-corrected chi connectivity index (χ4v) is 3.22. The molecule has 0 aromatic rings. The van der Waals surface area contributed by atoms with Crippen molar-refractivity contribution in [2.45, 2.75) is 45.6 Å². The van der Waals surface area contributed by atoms with Crippen LogP contribution in [0.15, 0.2) is 0 Å². The Bertz CT molecular complexity index is 252. The van der Waals surface area contributed by atoms with Gasteiger partial charge in [-0.3, -0.25) is 4.79 Å². The Morgan fingerprint density at radius 2 is 2.06 bits per heavy atom. The Kier molecular flexibility index (Phi) is 4.36. The van der Waals surface area contributed by atoms with E-state index < -0.39 is 5.54 Å².